The van der Waals surface area contributed by atoms with Gasteiger partial charge in [0.05, 0.1) is 9.52 Å². The Bertz CT molecular complexity index is 259. The van der Waals surface area contributed by atoms with E-state index in [1.54, 1.807) is 0 Å². The molecule has 2 saturated carbocycles. The van der Waals surface area contributed by atoms with Gasteiger partial charge in [0.2, 0.25) is 0 Å². The molecule has 0 aromatic carbocycles. The van der Waals surface area contributed by atoms with E-state index in [1.165, 1.54) is 64.2 Å². The number of hydrogen-bond acceptors (Lipinski definition) is 2. The van der Waals surface area contributed by atoms with Gasteiger partial charge in [0.25, 0.3) is 0 Å². The Hall–Kier alpha value is -0.123. The molecule has 2 fully saturated rings. The van der Waals surface area contributed by atoms with Crippen molar-refractivity contribution in [2.75, 3.05) is 14.1 Å². The first kappa shape index (κ1) is 16.3. The van der Waals surface area contributed by atoms with E-state index >= 15 is 0 Å². The van der Waals surface area contributed by atoms with Gasteiger partial charge in [-0.05, 0) is 39.8 Å². The van der Waals surface area contributed by atoms with Crippen molar-refractivity contribution in [2.24, 2.45) is 0 Å². The van der Waals surface area contributed by atoms with Crippen LogP contribution in [-0.2, 0) is 0 Å². The minimum Gasteiger partial charge on any atom is -0.291 e. The molecule has 2 rings (SSSR count). The van der Waals surface area contributed by atoms with Crippen LogP contribution in [0.15, 0.2) is 12.3 Å². The van der Waals surface area contributed by atoms with Gasteiger partial charge in [0.1, 0.15) is 0 Å². The van der Waals surface area contributed by atoms with Crippen LogP contribution in [0.3, 0.4) is 0 Å². The maximum Gasteiger partial charge on any atom is 0.0823 e. The first-order chi connectivity index (χ1) is 9.74. The minimum atomic E-state index is -0.233. The molecular weight excluding hydrogens is 260 g/mol. The molecule has 2 nitrogen and oxygen atoms in total. The lowest BCUT2D eigenvalue weighted by atomic mass is 9.93. The van der Waals surface area contributed by atoms with E-state index in [1.807, 2.05) is 0 Å². The van der Waals surface area contributed by atoms with Crippen molar-refractivity contribution in [1.29, 1.82) is 0 Å². The molecule has 0 spiro atoms. The summed E-state index contributed by atoms with van der Waals surface area (Å²) >= 11 is 0. The second kappa shape index (κ2) is 8.35. The van der Waals surface area contributed by atoms with Crippen LogP contribution in [0.2, 0.25) is 0 Å². The summed E-state index contributed by atoms with van der Waals surface area (Å²) < 4.78 is 0. The molecule has 0 aliphatic heterocycles. The van der Waals surface area contributed by atoms with Crippen LogP contribution in [0.5, 0.6) is 0 Å². The molecule has 116 valence electrons. The average molecular weight is 295 g/mol. The fourth-order valence-corrected chi connectivity index (χ4v) is 5.79. The lowest BCUT2D eigenvalue weighted by Gasteiger charge is -2.45. The van der Waals surface area contributed by atoms with E-state index in [4.69, 9.17) is 0 Å². The van der Waals surface area contributed by atoms with E-state index in [9.17, 15) is 0 Å². The van der Waals surface area contributed by atoms with Crippen LogP contribution < -0.4 is 0 Å². The smallest absolute Gasteiger partial charge is 0.0823 e. The maximum atomic E-state index is 4.06. The van der Waals surface area contributed by atoms with Crippen molar-refractivity contribution >= 4 is 9.52 Å². The highest BCUT2D eigenvalue weighted by molar-refractivity contribution is 6.43. The van der Waals surface area contributed by atoms with E-state index in [0.29, 0.717) is 5.79 Å². The summed E-state index contributed by atoms with van der Waals surface area (Å²) in [5, 5.41) is 0. The zero-order chi connectivity index (χ0) is 14.4. The predicted octanol–water partition coefficient (Wildman–Crippen LogP) is 3.11. The SMILES string of the molecule is C=C[SiH2]C(N(C)C1CCCCC1)N(C)C1CCCCC1. The van der Waals surface area contributed by atoms with Crippen molar-refractivity contribution in [3.05, 3.63) is 12.3 Å². The maximum absolute atomic E-state index is 4.06. The van der Waals surface area contributed by atoms with Gasteiger partial charge in [-0.2, -0.15) is 0 Å². The molecule has 0 atom stereocenters. The molecule has 0 N–H and O–H groups in total. The van der Waals surface area contributed by atoms with Crippen LogP contribution in [0.4, 0.5) is 0 Å². The topological polar surface area (TPSA) is 6.48 Å². The van der Waals surface area contributed by atoms with E-state index in [0.717, 1.165) is 12.1 Å². The Morgan fingerprint density at radius 1 is 0.850 bits per heavy atom. The summed E-state index contributed by atoms with van der Waals surface area (Å²) in [5.41, 5.74) is 2.25. The van der Waals surface area contributed by atoms with Crippen molar-refractivity contribution in [2.45, 2.75) is 82.1 Å². The van der Waals surface area contributed by atoms with E-state index in [-0.39, 0.29) is 9.52 Å². The summed E-state index contributed by atoms with van der Waals surface area (Å²) in [6.07, 6.45) is 14.3. The lowest BCUT2D eigenvalue weighted by Crippen LogP contribution is -2.56. The normalized spacial score (nSPS) is 23.4. The monoisotopic (exact) mass is 294 g/mol. The number of rotatable bonds is 6. The summed E-state index contributed by atoms with van der Waals surface area (Å²) in [6, 6.07) is 1.65. The predicted molar refractivity (Wildman–Crippen MR) is 91.8 cm³/mol. The molecule has 2 aliphatic rings. The zero-order valence-corrected chi connectivity index (χ0v) is 15.1. The Morgan fingerprint density at radius 3 is 1.60 bits per heavy atom. The van der Waals surface area contributed by atoms with Crippen LogP contribution >= 0.6 is 0 Å². The Kier molecular flexibility index (Phi) is 6.79. The molecule has 0 saturated heterocycles. The second-order valence-corrected chi connectivity index (χ2v) is 8.70. The molecule has 20 heavy (non-hydrogen) atoms. The molecule has 0 heterocycles. The molecule has 3 heteroatoms. The van der Waals surface area contributed by atoms with Gasteiger partial charge >= 0.3 is 0 Å². The van der Waals surface area contributed by atoms with Crippen molar-refractivity contribution in [3.8, 4) is 0 Å². The molecular formula is C17H34N2Si. The van der Waals surface area contributed by atoms with Gasteiger partial charge in [0, 0.05) is 17.9 Å². The highest BCUT2D eigenvalue weighted by atomic mass is 28.2. The van der Waals surface area contributed by atoms with Gasteiger partial charge < -0.3 is 0 Å². The highest BCUT2D eigenvalue weighted by Gasteiger charge is 2.30. The summed E-state index contributed by atoms with van der Waals surface area (Å²) in [4.78, 5) is 5.45. The molecule has 0 radical (unpaired) electrons. The summed E-state index contributed by atoms with van der Waals surface area (Å²) in [6.45, 7) is 4.06. The van der Waals surface area contributed by atoms with Gasteiger partial charge in [-0.15, -0.1) is 12.3 Å². The first-order valence-corrected chi connectivity index (χ1v) is 10.4. The zero-order valence-electron chi connectivity index (χ0n) is 13.7. The molecule has 0 amide bonds. The van der Waals surface area contributed by atoms with Crippen LogP contribution in [0.1, 0.15) is 64.2 Å². The summed E-state index contributed by atoms with van der Waals surface area (Å²) in [5.74, 6) is 0.693. The van der Waals surface area contributed by atoms with Gasteiger partial charge in [0.15, 0.2) is 0 Å². The number of nitrogens with zero attached hydrogens (tertiary/aromatic N) is 2. The molecule has 2 aliphatic carbocycles. The third-order valence-corrected chi connectivity index (χ3v) is 7.53. The van der Waals surface area contributed by atoms with Crippen LogP contribution in [0, 0.1) is 0 Å². The minimum absolute atomic E-state index is 0.233. The van der Waals surface area contributed by atoms with Crippen molar-refractivity contribution in [1.82, 2.24) is 9.80 Å². The van der Waals surface area contributed by atoms with E-state index in [2.05, 4.69) is 36.2 Å². The largest absolute Gasteiger partial charge is 0.291 e. The third-order valence-electron chi connectivity index (χ3n) is 5.62. The van der Waals surface area contributed by atoms with Gasteiger partial charge in [-0.3, -0.25) is 9.80 Å². The Balaban J connectivity index is 1.97. The standard InChI is InChI=1S/C17H34N2Si/c1-4-20-17(18(2)15-11-7-5-8-12-15)19(3)16-13-9-6-10-14-16/h4,15-17H,1,5-14,20H2,2-3H3. The van der Waals surface area contributed by atoms with Crippen molar-refractivity contribution in [3.63, 3.8) is 0 Å². The highest BCUT2D eigenvalue weighted by Crippen LogP contribution is 2.27. The average Bonchev–Trinajstić information content (AvgIpc) is 2.53. The molecule has 0 unspecified atom stereocenters. The first-order valence-electron chi connectivity index (χ1n) is 8.78. The lowest BCUT2D eigenvalue weighted by molar-refractivity contribution is 0.0472. The second-order valence-electron chi connectivity index (χ2n) is 6.92. The molecule has 0 bridgehead atoms. The summed E-state index contributed by atoms with van der Waals surface area (Å²) in [7, 11) is 4.54. The fraction of sp³-hybridized carbons (Fsp3) is 0.882. The van der Waals surface area contributed by atoms with Gasteiger partial charge in [-0.25, -0.2) is 0 Å². The molecule has 0 aromatic heterocycles. The fourth-order valence-electron chi connectivity index (χ4n) is 4.23. The Labute approximate surface area is 128 Å². The molecule has 0 aromatic rings. The van der Waals surface area contributed by atoms with Crippen LogP contribution in [-0.4, -0.2) is 51.3 Å². The van der Waals surface area contributed by atoms with Gasteiger partial charge in [-0.1, -0.05) is 38.5 Å². The quantitative estimate of drug-likeness (QED) is 0.548. The van der Waals surface area contributed by atoms with Crippen molar-refractivity contribution < 1.29 is 0 Å². The number of hydrogen-bond donors (Lipinski definition) is 0. The Morgan fingerprint density at radius 2 is 1.25 bits per heavy atom. The van der Waals surface area contributed by atoms with Crippen LogP contribution in [0.25, 0.3) is 0 Å². The third kappa shape index (κ3) is 4.19. The van der Waals surface area contributed by atoms with E-state index < -0.39 is 0 Å².